The highest BCUT2D eigenvalue weighted by molar-refractivity contribution is 6.26. The molecule has 0 aliphatic carbocycles. The van der Waals surface area contributed by atoms with Crippen molar-refractivity contribution in [3.63, 3.8) is 0 Å². The zero-order valence-electron chi connectivity index (χ0n) is 9.23. The lowest BCUT2D eigenvalue weighted by molar-refractivity contribution is -0.171. The van der Waals surface area contributed by atoms with Crippen molar-refractivity contribution in [2.24, 2.45) is 5.41 Å². The Morgan fingerprint density at radius 2 is 1.17 bits per heavy atom. The van der Waals surface area contributed by atoms with Crippen molar-refractivity contribution in [3.8, 4) is 0 Å². The summed E-state index contributed by atoms with van der Waals surface area (Å²) < 4.78 is 11.6. The summed E-state index contributed by atoms with van der Waals surface area (Å²) >= 11 is 0. The van der Waals surface area contributed by atoms with E-state index in [9.17, 15) is 0 Å². The predicted octanol–water partition coefficient (Wildman–Crippen LogP) is 1.05. The van der Waals surface area contributed by atoms with Crippen LogP contribution in [0, 0.1) is 5.41 Å². The fourth-order valence-corrected chi connectivity index (χ4v) is 3.33. The SMILES string of the molecule is C[SiH2]OC(C)(O[SiH2]C)C(C)(C)C. The second-order valence-electron chi connectivity index (χ2n) is 4.06. The molecule has 0 bridgehead atoms. The molecule has 4 heteroatoms. The van der Waals surface area contributed by atoms with E-state index in [0.717, 1.165) is 0 Å². The monoisotopic (exact) mass is 206 g/mol. The Bertz CT molecular complexity index is 126. The van der Waals surface area contributed by atoms with Crippen LogP contribution in [0.1, 0.15) is 27.7 Å². The molecule has 0 fully saturated rings. The maximum atomic E-state index is 5.79. The summed E-state index contributed by atoms with van der Waals surface area (Å²) in [6, 6.07) is 0. The quantitative estimate of drug-likeness (QED) is 0.506. The van der Waals surface area contributed by atoms with Gasteiger partial charge in [0.1, 0.15) is 5.79 Å². The molecule has 0 saturated carbocycles. The van der Waals surface area contributed by atoms with E-state index in [2.05, 4.69) is 40.8 Å². The molecule has 0 spiro atoms. The van der Waals surface area contributed by atoms with Crippen LogP contribution in [0.5, 0.6) is 0 Å². The van der Waals surface area contributed by atoms with Crippen molar-refractivity contribution in [3.05, 3.63) is 0 Å². The fraction of sp³-hybridized carbons (Fsp3) is 1.00. The van der Waals surface area contributed by atoms with Crippen LogP contribution >= 0.6 is 0 Å². The highest BCUT2D eigenvalue weighted by atomic mass is 28.2. The van der Waals surface area contributed by atoms with Gasteiger partial charge in [0.15, 0.2) is 19.5 Å². The van der Waals surface area contributed by atoms with E-state index >= 15 is 0 Å². The van der Waals surface area contributed by atoms with Crippen LogP contribution < -0.4 is 0 Å². The Balaban J connectivity index is 4.38. The smallest absolute Gasteiger partial charge is 0.162 e. The third-order valence-corrected chi connectivity index (χ3v) is 3.88. The summed E-state index contributed by atoms with van der Waals surface area (Å²) in [5.41, 5.74) is 0.0824. The maximum absolute atomic E-state index is 5.79. The van der Waals surface area contributed by atoms with Gasteiger partial charge in [-0.05, 0) is 6.92 Å². The average Bonchev–Trinajstić information content (AvgIpc) is 1.86. The molecule has 0 unspecified atom stereocenters. The number of hydrogen-bond acceptors (Lipinski definition) is 2. The molecule has 12 heavy (non-hydrogen) atoms. The van der Waals surface area contributed by atoms with Crippen LogP contribution in [0.3, 0.4) is 0 Å². The minimum atomic E-state index is -0.393. The van der Waals surface area contributed by atoms with Crippen LogP contribution in [0.4, 0.5) is 0 Å². The van der Waals surface area contributed by atoms with Crippen molar-refractivity contribution >= 4 is 19.5 Å². The van der Waals surface area contributed by atoms with E-state index < -0.39 is 19.5 Å². The Hall–Kier alpha value is 0.354. The first-order valence-corrected chi connectivity index (χ1v) is 8.63. The topological polar surface area (TPSA) is 18.5 Å². The van der Waals surface area contributed by atoms with E-state index in [1.807, 2.05) is 0 Å². The fourth-order valence-electron chi connectivity index (χ4n) is 1.03. The molecule has 0 heterocycles. The van der Waals surface area contributed by atoms with Crippen LogP contribution in [0.2, 0.25) is 13.1 Å². The molecule has 0 aromatic rings. The Labute approximate surface area is 80.9 Å². The maximum Gasteiger partial charge on any atom is 0.162 e. The average molecular weight is 206 g/mol. The van der Waals surface area contributed by atoms with Crippen LogP contribution in [-0.4, -0.2) is 25.3 Å². The van der Waals surface area contributed by atoms with Crippen molar-refractivity contribution < 1.29 is 8.85 Å². The third kappa shape index (κ3) is 3.01. The van der Waals surface area contributed by atoms with Crippen molar-refractivity contribution in [1.29, 1.82) is 0 Å². The van der Waals surface area contributed by atoms with Gasteiger partial charge in [-0.1, -0.05) is 33.9 Å². The standard InChI is InChI=1S/C8H22O2Si2/c1-7(2,3)8(4,9-11-5)10-12-6/h11-12H2,1-6H3. The number of hydrogen-bond donors (Lipinski definition) is 0. The van der Waals surface area contributed by atoms with Gasteiger partial charge in [0.2, 0.25) is 0 Å². The highest BCUT2D eigenvalue weighted by Crippen LogP contribution is 2.33. The molecule has 74 valence electrons. The second-order valence-corrected chi connectivity index (χ2v) is 5.79. The van der Waals surface area contributed by atoms with Gasteiger partial charge in [-0.25, -0.2) is 0 Å². The van der Waals surface area contributed by atoms with Gasteiger partial charge in [0.25, 0.3) is 0 Å². The van der Waals surface area contributed by atoms with Gasteiger partial charge in [0.05, 0.1) is 0 Å². The van der Waals surface area contributed by atoms with E-state index in [1.165, 1.54) is 0 Å². The van der Waals surface area contributed by atoms with E-state index in [0.29, 0.717) is 0 Å². The Morgan fingerprint density at radius 3 is 1.33 bits per heavy atom. The lowest BCUT2D eigenvalue weighted by atomic mass is 9.87. The molecule has 0 rings (SSSR count). The first kappa shape index (κ1) is 12.4. The molecule has 0 aromatic carbocycles. The zero-order valence-corrected chi connectivity index (χ0v) is 12.1. The van der Waals surface area contributed by atoms with Gasteiger partial charge in [0, 0.05) is 5.41 Å². The van der Waals surface area contributed by atoms with Gasteiger partial charge in [-0.3, -0.25) is 0 Å². The molecule has 0 saturated heterocycles. The lowest BCUT2D eigenvalue weighted by Crippen LogP contribution is -2.46. The molecular weight excluding hydrogens is 184 g/mol. The first-order chi connectivity index (χ1) is 5.37. The molecule has 0 N–H and O–H groups in total. The summed E-state index contributed by atoms with van der Waals surface area (Å²) in [7, 11) is -0.786. The molecule has 0 radical (unpaired) electrons. The third-order valence-electron chi connectivity index (χ3n) is 2.20. The van der Waals surface area contributed by atoms with E-state index in [-0.39, 0.29) is 11.2 Å². The largest absolute Gasteiger partial charge is 0.398 e. The molecule has 0 aliphatic heterocycles. The summed E-state index contributed by atoms with van der Waals surface area (Å²) in [4.78, 5) is 0. The normalized spacial score (nSPS) is 19.5. The van der Waals surface area contributed by atoms with Gasteiger partial charge in [-0.2, -0.15) is 0 Å². The minimum Gasteiger partial charge on any atom is -0.398 e. The first-order valence-electron chi connectivity index (χ1n) is 4.65. The molecule has 0 aromatic heterocycles. The van der Waals surface area contributed by atoms with Crippen LogP contribution in [0.15, 0.2) is 0 Å². The van der Waals surface area contributed by atoms with Crippen molar-refractivity contribution in [2.45, 2.75) is 46.6 Å². The van der Waals surface area contributed by atoms with Gasteiger partial charge >= 0.3 is 0 Å². The van der Waals surface area contributed by atoms with Gasteiger partial charge in [-0.15, -0.1) is 0 Å². The summed E-state index contributed by atoms with van der Waals surface area (Å²) in [6.45, 7) is 12.9. The number of rotatable bonds is 4. The predicted molar refractivity (Wildman–Crippen MR) is 58.8 cm³/mol. The summed E-state index contributed by atoms with van der Waals surface area (Å²) in [6.07, 6.45) is 0. The minimum absolute atomic E-state index is 0.0824. The zero-order chi connectivity index (χ0) is 9.83. The molecule has 0 amide bonds. The molecular formula is C8H22O2Si2. The molecule has 2 nitrogen and oxygen atoms in total. The van der Waals surface area contributed by atoms with E-state index in [4.69, 9.17) is 8.85 Å². The van der Waals surface area contributed by atoms with Gasteiger partial charge < -0.3 is 8.85 Å². The molecule has 0 aliphatic rings. The lowest BCUT2D eigenvalue weighted by Gasteiger charge is -2.41. The van der Waals surface area contributed by atoms with Crippen molar-refractivity contribution in [1.82, 2.24) is 0 Å². The van der Waals surface area contributed by atoms with Crippen LogP contribution in [-0.2, 0) is 8.85 Å². The van der Waals surface area contributed by atoms with Crippen LogP contribution in [0.25, 0.3) is 0 Å². The van der Waals surface area contributed by atoms with E-state index in [1.54, 1.807) is 0 Å². The Morgan fingerprint density at radius 1 is 0.833 bits per heavy atom. The highest BCUT2D eigenvalue weighted by Gasteiger charge is 2.37. The molecule has 0 atom stereocenters. The summed E-state index contributed by atoms with van der Waals surface area (Å²) in [5.74, 6) is -0.338. The van der Waals surface area contributed by atoms with Crippen molar-refractivity contribution in [2.75, 3.05) is 0 Å². The summed E-state index contributed by atoms with van der Waals surface area (Å²) in [5, 5.41) is 0. The Kier molecular flexibility index (Phi) is 4.69. The second kappa shape index (κ2) is 4.55.